The van der Waals surface area contributed by atoms with E-state index < -0.39 is 58.0 Å². The summed E-state index contributed by atoms with van der Waals surface area (Å²) in [7, 11) is 0. The van der Waals surface area contributed by atoms with Crippen LogP contribution < -0.4 is 5.32 Å². The van der Waals surface area contributed by atoms with Crippen LogP contribution in [-0.2, 0) is 4.79 Å². The van der Waals surface area contributed by atoms with E-state index >= 15 is 0 Å². The highest BCUT2D eigenvalue weighted by molar-refractivity contribution is 7.99. The van der Waals surface area contributed by atoms with Crippen LogP contribution in [-0.4, -0.2) is 24.4 Å². The highest BCUT2D eigenvalue weighted by Gasteiger charge is 2.34. The second-order valence-electron chi connectivity index (χ2n) is 5.27. The van der Waals surface area contributed by atoms with Crippen molar-refractivity contribution in [2.45, 2.75) is 24.9 Å². The lowest BCUT2D eigenvalue weighted by molar-refractivity contribution is -0.142. The molecule has 0 radical (unpaired) electrons. The number of carbonyl (C=O) groups excluding carboxylic acids is 1. The molecule has 0 saturated heterocycles. The fraction of sp³-hybridized carbons (Fsp3) is 0.462. The summed E-state index contributed by atoms with van der Waals surface area (Å²) in [5, 5.41) is 1.64. The van der Waals surface area contributed by atoms with Crippen molar-refractivity contribution in [1.29, 1.82) is 0 Å². The standard InChI is InChI=1S/C13H12F7NOS/c1-12(2,11(22)21-4-13(18,19)20)5-23-10-8(16)6(14)3-7(15)9(10)17/h3H,4-5H2,1-2H3,(H,21,22). The van der Waals surface area contributed by atoms with Crippen LogP contribution in [0.1, 0.15) is 13.8 Å². The Kier molecular flexibility index (Phi) is 5.95. The average molecular weight is 363 g/mol. The Labute approximate surface area is 131 Å². The number of carbonyl (C=O) groups is 1. The molecule has 0 bridgehead atoms. The fourth-order valence-electron chi connectivity index (χ4n) is 1.42. The van der Waals surface area contributed by atoms with Gasteiger partial charge in [-0.1, -0.05) is 13.8 Å². The van der Waals surface area contributed by atoms with Gasteiger partial charge >= 0.3 is 6.18 Å². The zero-order valence-corrected chi connectivity index (χ0v) is 12.8. The van der Waals surface area contributed by atoms with Gasteiger partial charge in [-0.05, 0) is 0 Å². The Bertz CT molecular complexity index is 575. The third-order valence-corrected chi connectivity index (χ3v) is 4.23. The molecule has 0 aromatic heterocycles. The number of hydrogen-bond donors (Lipinski definition) is 1. The summed E-state index contributed by atoms with van der Waals surface area (Å²) in [5.74, 6) is -7.87. The van der Waals surface area contributed by atoms with Crippen LogP contribution in [0.2, 0.25) is 0 Å². The molecule has 2 nitrogen and oxygen atoms in total. The smallest absolute Gasteiger partial charge is 0.346 e. The molecule has 130 valence electrons. The van der Waals surface area contributed by atoms with Crippen molar-refractivity contribution in [3.05, 3.63) is 29.3 Å². The molecule has 23 heavy (non-hydrogen) atoms. The third kappa shape index (κ3) is 5.29. The Morgan fingerprint density at radius 2 is 1.57 bits per heavy atom. The van der Waals surface area contributed by atoms with Gasteiger partial charge in [0.15, 0.2) is 23.3 Å². The van der Waals surface area contributed by atoms with Crippen molar-refractivity contribution in [2.24, 2.45) is 5.41 Å². The zero-order chi connectivity index (χ0) is 18.0. The van der Waals surface area contributed by atoms with Crippen LogP contribution in [0.25, 0.3) is 0 Å². The van der Waals surface area contributed by atoms with Gasteiger partial charge in [0.1, 0.15) is 6.54 Å². The second kappa shape index (κ2) is 6.98. The Morgan fingerprint density at radius 3 is 2.00 bits per heavy atom. The van der Waals surface area contributed by atoms with E-state index in [1.165, 1.54) is 13.8 Å². The summed E-state index contributed by atoms with van der Waals surface area (Å²) in [4.78, 5) is 10.7. The van der Waals surface area contributed by atoms with Gasteiger partial charge in [-0.2, -0.15) is 13.2 Å². The molecule has 0 aliphatic rings. The highest BCUT2D eigenvalue weighted by Crippen LogP contribution is 2.33. The lowest BCUT2D eigenvalue weighted by Gasteiger charge is -2.23. The van der Waals surface area contributed by atoms with E-state index in [1.54, 1.807) is 5.32 Å². The Morgan fingerprint density at radius 1 is 1.09 bits per heavy atom. The van der Waals surface area contributed by atoms with Gasteiger partial charge in [0.2, 0.25) is 5.91 Å². The molecule has 0 saturated carbocycles. The lowest BCUT2D eigenvalue weighted by atomic mass is 9.95. The maximum atomic E-state index is 13.5. The number of rotatable bonds is 5. The second-order valence-corrected chi connectivity index (χ2v) is 6.25. The molecule has 0 aliphatic carbocycles. The van der Waals surface area contributed by atoms with E-state index in [0.29, 0.717) is 11.8 Å². The Balaban J connectivity index is 2.83. The molecule has 1 aromatic rings. The van der Waals surface area contributed by atoms with Gasteiger partial charge in [-0.25, -0.2) is 17.6 Å². The molecular weight excluding hydrogens is 351 g/mol. The number of amides is 1. The number of hydrogen-bond acceptors (Lipinski definition) is 2. The van der Waals surface area contributed by atoms with Crippen molar-refractivity contribution in [3.8, 4) is 0 Å². The molecule has 1 amide bonds. The molecule has 1 rings (SSSR count). The third-order valence-electron chi connectivity index (χ3n) is 2.71. The van der Waals surface area contributed by atoms with Crippen LogP contribution in [0.3, 0.4) is 0 Å². The maximum absolute atomic E-state index is 13.5. The van der Waals surface area contributed by atoms with E-state index in [9.17, 15) is 35.5 Å². The largest absolute Gasteiger partial charge is 0.405 e. The van der Waals surface area contributed by atoms with Gasteiger partial charge < -0.3 is 5.32 Å². The van der Waals surface area contributed by atoms with Gasteiger partial charge in [0.25, 0.3) is 0 Å². The van der Waals surface area contributed by atoms with E-state index in [2.05, 4.69) is 0 Å². The summed E-state index contributed by atoms with van der Waals surface area (Å²) in [6.45, 7) is 0.908. The first-order valence-electron chi connectivity index (χ1n) is 6.16. The molecule has 0 aliphatic heterocycles. The van der Waals surface area contributed by atoms with E-state index in [1.807, 2.05) is 0 Å². The minimum Gasteiger partial charge on any atom is -0.346 e. The average Bonchev–Trinajstić information content (AvgIpc) is 2.41. The quantitative estimate of drug-likeness (QED) is 0.486. The topological polar surface area (TPSA) is 29.1 Å². The van der Waals surface area contributed by atoms with Crippen molar-refractivity contribution in [2.75, 3.05) is 12.3 Å². The molecule has 0 heterocycles. The van der Waals surface area contributed by atoms with Crippen molar-refractivity contribution >= 4 is 17.7 Å². The molecule has 10 heteroatoms. The molecule has 0 spiro atoms. The predicted molar refractivity (Wildman–Crippen MR) is 69.8 cm³/mol. The summed E-state index contributed by atoms with van der Waals surface area (Å²) in [6, 6.07) is 0.0376. The molecule has 0 fully saturated rings. The van der Waals surface area contributed by atoms with Crippen LogP contribution in [0, 0.1) is 28.7 Å². The summed E-state index contributed by atoms with van der Waals surface area (Å²) >= 11 is 0.299. The molecular formula is C13H12F7NOS. The molecule has 0 unspecified atom stereocenters. The van der Waals surface area contributed by atoms with E-state index in [-0.39, 0.29) is 6.07 Å². The molecule has 1 N–H and O–H groups in total. The van der Waals surface area contributed by atoms with Crippen molar-refractivity contribution in [1.82, 2.24) is 5.32 Å². The first-order valence-corrected chi connectivity index (χ1v) is 7.14. The first kappa shape index (κ1) is 19.6. The van der Waals surface area contributed by atoms with Gasteiger partial charge in [0.05, 0.1) is 10.3 Å². The lowest BCUT2D eigenvalue weighted by Crippen LogP contribution is -2.42. The first-order chi connectivity index (χ1) is 10.3. The van der Waals surface area contributed by atoms with Crippen LogP contribution >= 0.6 is 11.8 Å². The normalized spacial score (nSPS) is 12.4. The highest BCUT2D eigenvalue weighted by atomic mass is 32.2. The predicted octanol–water partition coefficient (Wildman–Crippen LogP) is 4.04. The summed E-state index contributed by atoms with van der Waals surface area (Å²) in [5.41, 5.74) is -1.46. The van der Waals surface area contributed by atoms with Crippen LogP contribution in [0.5, 0.6) is 0 Å². The van der Waals surface area contributed by atoms with Crippen molar-refractivity contribution < 1.29 is 35.5 Å². The number of thioether (sulfide) groups is 1. The number of halogens is 7. The van der Waals surface area contributed by atoms with Crippen LogP contribution in [0.15, 0.2) is 11.0 Å². The fourth-order valence-corrected chi connectivity index (χ4v) is 2.50. The number of benzene rings is 1. The van der Waals surface area contributed by atoms with Gasteiger partial charge in [0, 0.05) is 11.8 Å². The summed E-state index contributed by atoms with van der Waals surface area (Å²) in [6.07, 6.45) is -4.61. The van der Waals surface area contributed by atoms with E-state index in [4.69, 9.17) is 0 Å². The van der Waals surface area contributed by atoms with Gasteiger partial charge in [-0.3, -0.25) is 4.79 Å². The minimum absolute atomic E-state index is 0.0376. The monoisotopic (exact) mass is 363 g/mol. The zero-order valence-electron chi connectivity index (χ0n) is 12.0. The van der Waals surface area contributed by atoms with Crippen molar-refractivity contribution in [3.63, 3.8) is 0 Å². The SMILES string of the molecule is CC(C)(CSc1c(F)c(F)cc(F)c1F)C(=O)NCC(F)(F)F. The summed E-state index contributed by atoms with van der Waals surface area (Å²) < 4.78 is 89.2. The molecule has 1 aromatic carbocycles. The number of alkyl halides is 3. The maximum Gasteiger partial charge on any atom is 0.405 e. The molecule has 0 atom stereocenters. The minimum atomic E-state index is -4.61. The Hall–Kier alpha value is -1.45. The number of nitrogens with one attached hydrogen (secondary N) is 1. The van der Waals surface area contributed by atoms with Gasteiger partial charge in [-0.15, -0.1) is 11.8 Å². The van der Waals surface area contributed by atoms with Crippen LogP contribution in [0.4, 0.5) is 30.7 Å². The van der Waals surface area contributed by atoms with E-state index in [0.717, 1.165) is 0 Å².